The molecule has 4 aliphatic rings. The van der Waals surface area contributed by atoms with Gasteiger partial charge in [0.25, 0.3) is 0 Å². The van der Waals surface area contributed by atoms with Crippen molar-refractivity contribution in [1.82, 2.24) is 5.32 Å². The Kier molecular flexibility index (Phi) is 3.12. The predicted molar refractivity (Wildman–Crippen MR) is 73.5 cm³/mol. The molecule has 1 N–H and O–H groups in total. The highest BCUT2D eigenvalue weighted by molar-refractivity contribution is 6.30. The normalized spacial score (nSPS) is 44.7. The lowest BCUT2D eigenvalue weighted by molar-refractivity contribution is -0.125. The Balaban J connectivity index is 1.73. The standard InChI is InChI=1S/C15H24ClNO/c1-9(16)14(18)17-10(2)15-6-11-3-12(7-15)5-13(4-11)8-15/h9-13H,3-8H2,1-2H3,(H,17,18)/t9-,10+,11?,12?,13?,15?/m1/s1. The van der Waals surface area contributed by atoms with Crippen LogP contribution in [-0.2, 0) is 4.79 Å². The first-order chi connectivity index (χ1) is 8.48. The number of nitrogens with one attached hydrogen (secondary N) is 1. The Hall–Kier alpha value is -0.240. The molecule has 0 aromatic rings. The molecule has 3 heteroatoms. The molecule has 102 valence electrons. The van der Waals surface area contributed by atoms with E-state index in [1.54, 1.807) is 6.92 Å². The first kappa shape index (κ1) is 12.8. The third-order valence-electron chi connectivity index (χ3n) is 5.72. The Morgan fingerprint density at radius 2 is 1.56 bits per heavy atom. The van der Waals surface area contributed by atoms with Crippen LogP contribution in [0.3, 0.4) is 0 Å². The average molecular weight is 270 g/mol. The van der Waals surface area contributed by atoms with Crippen molar-refractivity contribution in [2.45, 2.75) is 63.8 Å². The van der Waals surface area contributed by atoms with E-state index in [-0.39, 0.29) is 5.91 Å². The zero-order valence-corrected chi connectivity index (χ0v) is 12.2. The average Bonchev–Trinajstić information content (AvgIpc) is 2.26. The van der Waals surface area contributed by atoms with Crippen molar-refractivity contribution in [1.29, 1.82) is 0 Å². The summed E-state index contributed by atoms with van der Waals surface area (Å²) in [6, 6.07) is 0.291. The molecule has 0 aromatic carbocycles. The SMILES string of the molecule is C[C@H](NC(=O)[C@@H](C)Cl)C12CC3CC(CC(C3)C1)C2. The predicted octanol–water partition coefficient (Wildman–Crippen LogP) is 3.33. The molecular weight excluding hydrogens is 246 g/mol. The Morgan fingerprint density at radius 1 is 1.11 bits per heavy atom. The van der Waals surface area contributed by atoms with Gasteiger partial charge in [0, 0.05) is 6.04 Å². The third-order valence-corrected chi connectivity index (χ3v) is 5.92. The molecule has 2 atom stereocenters. The smallest absolute Gasteiger partial charge is 0.237 e. The first-order valence-electron chi connectivity index (χ1n) is 7.43. The van der Waals surface area contributed by atoms with Crippen molar-refractivity contribution in [2.75, 3.05) is 0 Å². The van der Waals surface area contributed by atoms with Crippen LogP contribution in [0.2, 0.25) is 0 Å². The molecule has 4 rings (SSSR count). The van der Waals surface area contributed by atoms with Gasteiger partial charge in [0.05, 0.1) is 0 Å². The topological polar surface area (TPSA) is 29.1 Å². The molecule has 0 heterocycles. The summed E-state index contributed by atoms with van der Waals surface area (Å²) in [6.07, 6.45) is 8.34. The van der Waals surface area contributed by atoms with Gasteiger partial charge in [0.2, 0.25) is 5.91 Å². The van der Waals surface area contributed by atoms with Crippen molar-refractivity contribution in [3.8, 4) is 0 Å². The quantitative estimate of drug-likeness (QED) is 0.783. The minimum absolute atomic E-state index is 0.0000814. The van der Waals surface area contributed by atoms with E-state index in [0.29, 0.717) is 11.5 Å². The van der Waals surface area contributed by atoms with E-state index in [1.807, 2.05) is 0 Å². The van der Waals surface area contributed by atoms with E-state index in [0.717, 1.165) is 17.8 Å². The van der Waals surface area contributed by atoms with Crippen LogP contribution in [-0.4, -0.2) is 17.3 Å². The fraction of sp³-hybridized carbons (Fsp3) is 0.933. The lowest BCUT2D eigenvalue weighted by atomic mass is 9.48. The summed E-state index contributed by atoms with van der Waals surface area (Å²) < 4.78 is 0. The van der Waals surface area contributed by atoms with Gasteiger partial charge in [-0.25, -0.2) is 0 Å². The molecule has 4 aliphatic carbocycles. The van der Waals surface area contributed by atoms with Crippen LogP contribution in [0, 0.1) is 23.2 Å². The maximum absolute atomic E-state index is 11.8. The highest BCUT2D eigenvalue weighted by atomic mass is 35.5. The van der Waals surface area contributed by atoms with Crippen LogP contribution >= 0.6 is 11.6 Å². The summed E-state index contributed by atoms with van der Waals surface area (Å²) in [6.45, 7) is 3.95. The van der Waals surface area contributed by atoms with Crippen molar-refractivity contribution in [3.63, 3.8) is 0 Å². The zero-order valence-electron chi connectivity index (χ0n) is 11.4. The molecule has 18 heavy (non-hydrogen) atoms. The largest absolute Gasteiger partial charge is 0.352 e. The second-order valence-corrected chi connectivity index (χ2v) is 7.78. The highest BCUT2D eigenvalue weighted by Crippen LogP contribution is 2.61. The number of halogens is 1. The zero-order chi connectivity index (χ0) is 12.9. The van der Waals surface area contributed by atoms with Crippen LogP contribution in [0.25, 0.3) is 0 Å². The fourth-order valence-corrected chi connectivity index (χ4v) is 5.25. The molecule has 0 aliphatic heterocycles. The van der Waals surface area contributed by atoms with Gasteiger partial charge in [-0.1, -0.05) is 0 Å². The summed E-state index contributed by atoms with van der Waals surface area (Å²) in [4.78, 5) is 11.8. The molecule has 0 spiro atoms. The summed E-state index contributed by atoms with van der Waals surface area (Å²) in [5.41, 5.74) is 0.385. The van der Waals surface area contributed by atoms with E-state index in [9.17, 15) is 4.79 Å². The minimum Gasteiger partial charge on any atom is -0.352 e. The first-order valence-corrected chi connectivity index (χ1v) is 7.86. The number of carbonyl (C=O) groups excluding carboxylic acids is 1. The molecule has 1 amide bonds. The Morgan fingerprint density at radius 3 is 1.94 bits per heavy atom. The van der Waals surface area contributed by atoms with Crippen LogP contribution in [0.4, 0.5) is 0 Å². The minimum atomic E-state index is -0.415. The van der Waals surface area contributed by atoms with E-state index in [2.05, 4.69) is 12.2 Å². The van der Waals surface area contributed by atoms with E-state index in [1.165, 1.54) is 38.5 Å². The van der Waals surface area contributed by atoms with Crippen LogP contribution in [0.1, 0.15) is 52.4 Å². The number of hydrogen-bond acceptors (Lipinski definition) is 1. The fourth-order valence-electron chi connectivity index (χ4n) is 5.19. The number of alkyl halides is 1. The molecule has 4 fully saturated rings. The number of hydrogen-bond donors (Lipinski definition) is 1. The molecule has 4 bridgehead atoms. The van der Waals surface area contributed by atoms with Gasteiger partial charge >= 0.3 is 0 Å². The van der Waals surface area contributed by atoms with Gasteiger partial charge < -0.3 is 5.32 Å². The Bertz CT molecular complexity index is 317. The van der Waals surface area contributed by atoms with E-state index >= 15 is 0 Å². The van der Waals surface area contributed by atoms with Gasteiger partial charge in [0.1, 0.15) is 5.38 Å². The number of amides is 1. The van der Waals surface area contributed by atoms with Crippen molar-refractivity contribution < 1.29 is 4.79 Å². The van der Waals surface area contributed by atoms with Crippen LogP contribution in [0.5, 0.6) is 0 Å². The molecule has 4 saturated carbocycles. The summed E-state index contributed by atoms with van der Waals surface area (Å²) in [5, 5.41) is 2.75. The van der Waals surface area contributed by atoms with Gasteiger partial charge in [-0.05, 0) is 75.5 Å². The highest BCUT2D eigenvalue weighted by Gasteiger charge is 2.53. The summed E-state index contributed by atoms with van der Waals surface area (Å²) in [7, 11) is 0. The van der Waals surface area contributed by atoms with Crippen LogP contribution < -0.4 is 5.32 Å². The maximum Gasteiger partial charge on any atom is 0.237 e. The van der Waals surface area contributed by atoms with Crippen LogP contribution in [0.15, 0.2) is 0 Å². The molecule has 0 saturated heterocycles. The van der Waals surface area contributed by atoms with Gasteiger partial charge in [0.15, 0.2) is 0 Å². The Labute approximate surface area is 115 Å². The lowest BCUT2D eigenvalue weighted by Gasteiger charge is -2.59. The van der Waals surface area contributed by atoms with Gasteiger partial charge in [-0.3, -0.25) is 4.79 Å². The molecule has 0 aromatic heterocycles. The summed E-state index contributed by atoms with van der Waals surface area (Å²) in [5.74, 6) is 2.80. The number of rotatable bonds is 3. The molecule has 2 nitrogen and oxygen atoms in total. The maximum atomic E-state index is 11.8. The lowest BCUT2D eigenvalue weighted by Crippen LogP contribution is -2.56. The summed E-state index contributed by atoms with van der Waals surface area (Å²) >= 11 is 5.87. The van der Waals surface area contributed by atoms with Gasteiger partial charge in [-0.15, -0.1) is 11.6 Å². The third kappa shape index (κ3) is 2.07. The molecular formula is C15H24ClNO. The van der Waals surface area contributed by atoms with Crippen molar-refractivity contribution in [3.05, 3.63) is 0 Å². The van der Waals surface area contributed by atoms with Gasteiger partial charge in [-0.2, -0.15) is 0 Å². The second kappa shape index (κ2) is 4.40. The van der Waals surface area contributed by atoms with E-state index < -0.39 is 5.38 Å². The number of carbonyl (C=O) groups is 1. The molecule has 0 unspecified atom stereocenters. The van der Waals surface area contributed by atoms with Crippen molar-refractivity contribution in [2.24, 2.45) is 23.2 Å². The monoisotopic (exact) mass is 269 g/mol. The van der Waals surface area contributed by atoms with E-state index in [4.69, 9.17) is 11.6 Å². The van der Waals surface area contributed by atoms with Crippen molar-refractivity contribution >= 4 is 17.5 Å². The second-order valence-electron chi connectivity index (χ2n) is 7.13. The molecule has 0 radical (unpaired) electrons.